The van der Waals surface area contributed by atoms with Crippen molar-refractivity contribution in [1.29, 1.82) is 0 Å². The topological polar surface area (TPSA) is 26.3 Å². The molecule has 0 aliphatic carbocycles. The highest BCUT2D eigenvalue weighted by Gasteiger charge is 2.14. The van der Waals surface area contributed by atoms with E-state index in [-0.39, 0.29) is 11.6 Å². The molecule has 1 fully saturated rings. The SMILES string of the molecule is O=C1CCOC/C1=C\c1cccc(F)c1. The van der Waals surface area contributed by atoms with Crippen LogP contribution in [0, 0.1) is 5.82 Å². The van der Waals surface area contributed by atoms with Crippen LogP contribution >= 0.6 is 0 Å². The number of Topliss-reactive ketones (excluding diaryl/α,β-unsaturated/α-hetero) is 1. The number of halogens is 1. The van der Waals surface area contributed by atoms with Gasteiger partial charge in [-0.1, -0.05) is 12.1 Å². The minimum atomic E-state index is -0.298. The summed E-state index contributed by atoms with van der Waals surface area (Å²) >= 11 is 0. The fourth-order valence-corrected chi connectivity index (χ4v) is 1.51. The van der Waals surface area contributed by atoms with Crippen LogP contribution in [0.2, 0.25) is 0 Å². The highest BCUT2D eigenvalue weighted by Crippen LogP contribution is 2.14. The first-order chi connectivity index (χ1) is 7.25. The number of ketones is 1. The van der Waals surface area contributed by atoms with Crippen LogP contribution in [-0.4, -0.2) is 19.0 Å². The second-order valence-electron chi connectivity index (χ2n) is 3.45. The Balaban J connectivity index is 2.25. The standard InChI is InChI=1S/C12H11FO2/c13-11-3-1-2-9(7-11)6-10-8-15-5-4-12(10)14/h1-3,6-7H,4-5,8H2/b10-6+. The van der Waals surface area contributed by atoms with Gasteiger partial charge in [0.25, 0.3) is 0 Å². The molecule has 1 aliphatic heterocycles. The Labute approximate surface area is 87.4 Å². The highest BCUT2D eigenvalue weighted by atomic mass is 19.1. The second kappa shape index (κ2) is 4.36. The average Bonchev–Trinajstić information content (AvgIpc) is 2.22. The first-order valence-corrected chi connectivity index (χ1v) is 4.83. The molecular formula is C12H11FO2. The Kier molecular flexibility index (Phi) is 2.92. The quantitative estimate of drug-likeness (QED) is 0.658. The summed E-state index contributed by atoms with van der Waals surface area (Å²) in [6.45, 7) is 0.814. The smallest absolute Gasteiger partial charge is 0.163 e. The van der Waals surface area contributed by atoms with Crippen molar-refractivity contribution in [2.75, 3.05) is 13.2 Å². The maximum Gasteiger partial charge on any atom is 0.163 e. The summed E-state index contributed by atoms with van der Waals surface area (Å²) in [7, 11) is 0. The number of benzene rings is 1. The predicted molar refractivity (Wildman–Crippen MR) is 54.8 cm³/mol. The molecule has 0 spiro atoms. The average molecular weight is 206 g/mol. The van der Waals surface area contributed by atoms with E-state index in [4.69, 9.17) is 4.74 Å². The van der Waals surface area contributed by atoms with Crippen LogP contribution in [0.3, 0.4) is 0 Å². The molecule has 3 heteroatoms. The number of carbonyl (C=O) groups excluding carboxylic acids is 1. The van der Waals surface area contributed by atoms with E-state index in [0.717, 1.165) is 0 Å². The van der Waals surface area contributed by atoms with Crippen molar-refractivity contribution in [2.45, 2.75) is 6.42 Å². The monoisotopic (exact) mass is 206 g/mol. The number of ether oxygens (including phenoxy) is 1. The summed E-state index contributed by atoms with van der Waals surface area (Å²) in [6.07, 6.45) is 2.10. The molecule has 0 amide bonds. The van der Waals surface area contributed by atoms with E-state index in [1.807, 2.05) is 0 Å². The molecule has 2 nitrogen and oxygen atoms in total. The van der Waals surface area contributed by atoms with Gasteiger partial charge in [0.15, 0.2) is 5.78 Å². The maximum atomic E-state index is 12.9. The Morgan fingerprint density at radius 1 is 1.40 bits per heavy atom. The molecule has 2 rings (SSSR count). The van der Waals surface area contributed by atoms with Gasteiger partial charge in [0, 0.05) is 12.0 Å². The lowest BCUT2D eigenvalue weighted by Crippen LogP contribution is -2.18. The van der Waals surface area contributed by atoms with E-state index in [2.05, 4.69) is 0 Å². The summed E-state index contributed by atoms with van der Waals surface area (Å²) in [6, 6.07) is 6.16. The van der Waals surface area contributed by atoms with Crippen molar-refractivity contribution < 1.29 is 13.9 Å². The minimum absolute atomic E-state index is 0.0884. The van der Waals surface area contributed by atoms with Gasteiger partial charge in [0.05, 0.1) is 13.2 Å². The summed E-state index contributed by atoms with van der Waals surface area (Å²) in [5.41, 5.74) is 1.32. The summed E-state index contributed by atoms with van der Waals surface area (Å²) in [5, 5.41) is 0. The van der Waals surface area contributed by atoms with Gasteiger partial charge in [-0.2, -0.15) is 0 Å². The van der Waals surface area contributed by atoms with Crippen molar-refractivity contribution in [1.82, 2.24) is 0 Å². The van der Waals surface area contributed by atoms with E-state index in [1.165, 1.54) is 12.1 Å². The van der Waals surface area contributed by atoms with Crippen molar-refractivity contribution in [3.63, 3.8) is 0 Å². The van der Waals surface area contributed by atoms with E-state index >= 15 is 0 Å². The zero-order valence-corrected chi connectivity index (χ0v) is 8.20. The molecule has 1 heterocycles. The zero-order valence-electron chi connectivity index (χ0n) is 8.20. The molecule has 1 aliphatic rings. The van der Waals surface area contributed by atoms with Gasteiger partial charge in [0.2, 0.25) is 0 Å². The number of hydrogen-bond donors (Lipinski definition) is 0. The second-order valence-corrected chi connectivity index (χ2v) is 3.45. The molecule has 15 heavy (non-hydrogen) atoms. The predicted octanol–water partition coefficient (Wildman–Crippen LogP) is 2.20. The van der Waals surface area contributed by atoms with Crippen molar-refractivity contribution in [3.8, 4) is 0 Å². The van der Waals surface area contributed by atoms with Crippen LogP contribution in [0.1, 0.15) is 12.0 Å². The zero-order chi connectivity index (χ0) is 10.7. The number of hydrogen-bond acceptors (Lipinski definition) is 2. The van der Waals surface area contributed by atoms with E-state index < -0.39 is 0 Å². The normalized spacial score (nSPS) is 19.5. The van der Waals surface area contributed by atoms with Gasteiger partial charge in [-0.25, -0.2) is 4.39 Å². The third kappa shape index (κ3) is 2.50. The molecule has 0 atom stereocenters. The summed E-state index contributed by atoms with van der Waals surface area (Å²) in [5.74, 6) is -0.209. The molecule has 1 aromatic carbocycles. The Bertz CT molecular complexity index is 410. The Morgan fingerprint density at radius 3 is 3.00 bits per heavy atom. The summed E-state index contributed by atoms with van der Waals surface area (Å²) < 4.78 is 18.0. The van der Waals surface area contributed by atoms with Gasteiger partial charge in [-0.15, -0.1) is 0 Å². The van der Waals surface area contributed by atoms with E-state index in [0.29, 0.717) is 30.8 Å². The molecule has 78 valence electrons. The number of carbonyl (C=O) groups is 1. The van der Waals surface area contributed by atoms with Crippen LogP contribution in [0.5, 0.6) is 0 Å². The van der Waals surface area contributed by atoms with Crippen LogP contribution < -0.4 is 0 Å². The van der Waals surface area contributed by atoms with Gasteiger partial charge >= 0.3 is 0 Å². The van der Waals surface area contributed by atoms with Crippen molar-refractivity contribution in [3.05, 3.63) is 41.2 Å². The first kappa shape index (κ1) is 10.1. The van der Waals surface area contributed by atoms with E-state index in [1.54, 1.807) is 18.2 Å². The maximum absolute atomic E-state index is 12.9. The summed E-state index contributed by atoms with van der Waals surface area (Å²) in [4.78, 5) is 11.4. The molecule has 0 radical (unpaired) electrons. The molecule has 1 saturated heterocycles. The van der Waals surface area contributed by atoms with Crippen LogP contribution in [0.4, 0.5) is 4.39 Å². The van der Waals surface area contributed by atoms with Gasteiger partial charge in [-0.05, 0) is 23.8 Å². The van der Waals surface area contributed by atoms with Crippen molar-refractivity contribution in [2.24, 2.45) is 0 Å². The molecule has 0 unspecified atom stereocenters. The minimum Gasteiger partial charge on any atom is -0.376 e. The Morgan fingerprint density at radius 2 is 2.27 bits per heavy atom. The van der Waals surface area contributed by atoms with Crippen LogP contribution in [-0.2, 0) is 9.53 Å². The molecular weight excluding hydrogens is 195 g/mol. The Hall–Kier alpha value is -1.48. The van der Waals surface area contributed by atoms with Crippen LogP contribution in [0.25, 0.3) is 6.08 Å². The number of rotatable bonds is 1. The third-order valence-corrected chi connectivity index (χ3v) is 2.28. The fourth-order valence-electron chi connectivity index (χ4n) is 1.51. The van der Waals surface area contributed by atoms with Crippen LogP contribution in [0.15, 0.2) is 29.8 Å². The molecule has 0 aromatic heterocycles. The van der Waals surface area contributed by atoms with E-state index in [9.17, 15) is 9.18 Å². The van der Waals surface area contributed by atoms with Gasteiger partial charge < -0.3 is 4.74 Å². The van der Waals surface area contributed by atoms with Gasteiger partial charge in [-0.3, -0.25) is 4.79 Å². The third-order valence-electron chi connectivity index (χ3n) is 2.28. The fraction of sp³-hybridized carbons (Fsp3) is 0.250. The molecule has 0 saturated carbocycles. The molecule has 1 aromatic rings. The highest BCUT2D eigenvalue weighted by molar-refractivity contribution is 6.00. The molecule has 0 bridgehead atoms. The van der Waals surface area contributed by atoms with Crippen molar-refractivity contribution >= 4 is 11.9 Å². The first-order valence-electron chi connectivity index (χ1n) is 4.83. The lowest BCUT2D eigenvalue weighted by atomic mass is 10.0. The lowest BCUT2D eigenvalue weighted by molar-refractivity contribution is -0.119. The lowest BCUT2D eigenvalue weighted by Gasteiger charge is -2.13. The van der Waals surface area contributed by atoms with Gasteiger partial charge in [0.1, 0.15) is 5.82 Å². The molecule has 0 N–H and O–H groups in total. The largest absolute Gasteiger partial charge is 0.376 e.